The van der Waals surface area contributed by atoms with E-state index >= 15 is 0 Å². The second-order valence-electron chi connectivity index (χ2n) is 3.85. The van der Waals surface area contributed by atoms with Gasteiger partial charge in [-0.3, -0.25) is 4.79 Å². The molecule has 1 rings (SSSR count). The second kappa shape index (κ2) is 6.98. The Kier molecular flexibility index (Phi) is 5.59. The van der Waals surface area contributed by atoms with Crippen molar-refractivity contribution in [3.63, 3.8) is 0 Å². The predicted molar refractivity (Wildman–Crippen MR) is 70.8 cm³/mol. The fourth-order valence-corrected chi connectivity index (χ4v) is 1.74. The minimum atomic E-state index is -0.0415. The van der Waals surface area contributed by atoms with Crippen LogP contribution in [0, 0.1) is 12.3 Å². The van der Waals surface area contributed by atoms with Gasteiger partial charge in [0.15, 0.2) is 0 Å². The van der Waals surface area contributed by atoms with Gasteiger partial charge in [0.2, 0.25) is 5.91 Å². The molecule has 0 saturated heterocycles. The van der Waals surface area contributed by atoms with E-state index in [2.05, 4.69) is 11.2 Å². The molecule has 0 aliphatic heterocycles. The highest BCUT2D eigenvalue weighted by molar-refractivity contribution is 6.31. The molecule has 1 atom stereocenters. The number of carbonyl (C=O) groups is 1. The number of hydrogen-bond acceptors (Lipinski definition) is 1. The molecule has 1 amide bonds. The molecule has 90 valence electrons. The van der Waals surface area contributed by atoms with Crippen molar-refractivity contribution >= 4 is 17.5 Å². The summed E-state index contributed by atoms with van der Waals surface area (Å²) in [5.41, 5.74) is 0.835. The van der Waals surface area contributed by atoms with Crippen LogP contribution in [0.3, 0.4) is 0 Å². The molecule has 0 fully saturated rings. The van der Waals surface area contributed by atoms with Crippen molar-refractivity contribution in [2.75, 3.05) is 0 Å². The zero-order valence-electron chi connectivity index (χ0n) is 9.87. The van der Waals surface area contributed by atoms with Crippen LogP contribution in [0.15, 0.2) is 24.3 Å². The smallest absolute Gasteiger partial charge is 0.224 e. The number of benzene rings is 1. The van der Waals surface area contributed by atoms with E-state index < -0.39 is 0 Å². The van der Waals surface area contributed by atoms with Gasteiger partial charge in [-0.1, -0.05) is 36.7 Å². The van der Waals surface area contributed by atoms with E-state index in [4.69, 9.17) is 18.0 Å². The lowest BCUT2D eigenvalue weighted by molar-refractivity contribution is -0.121. The maximum Gasteiger partial charge on any atom is 0.224 e. The molecule has 1 unspecified atom stereocenters. The minimum Gasteiger partial charge on any atom is -0.352 e. The summed E-state index contributed by atoms with van der Waals surface area (Å²) in [4.78, 5) is 11.8. The first-order chi connectivity index (χ1) is 8.17. The summed E-state index contributed by atoms with van der Waals surface area (Å²) >= 11 is 5.99. The van der Waals surface area contributed by atoms with E-state index in [0.717, 1.165) is 12.0 Å². The highest BCUT2D eigenvalue weighted by Gasteiger charge is 2.11. The molecule has 1 aromatic carbocycles. The summed E-state index contributed by atoms with van der Waals surface area (Å²) in [6, 6.07) is 7.40. The van der Waals surface area contributed by atoms with E-state index in [1.54, 1.807) is 6.07 Å². The van der Waals surface area contributed by atoms with Crippen molar-refractivity contribution in [3.8, 4) is 12.3 Å². The number of terminal acetylenes is 1. The molecule has 0 spiro atoms. The van der Waals surface area contributed by atoms with Gasteiger partial charge in [0, 0.05) is 17.5 Å². The van der Waals surface area contributed by atoms with Crippen molar-refractivity contribution < 1.29 is 4.79 Å². The fraction of sp³-hybridized carbons (Fsp3) is 0.357. The Hall–Kier alpha value is -1.46. The molecule has 0 aliphatic rings. The molecular weight excluding hydrogens is 234 g/mol. The Morgan fingerprint density at radius 1 is 1.53 bits per heavy atom. The highest BCUT2D eigenvalue weighted by Crippen LogP contribution is 2.15. The van der Waals surface area contributed by atoms with Crippen LogP contribution in [-0.4, -0.2) is 11.9 Å². The molecule has 0 saturated carbocycles. The lowest BCUT2D eigenvalue weighted by atomic mass is 10.1. The number of hydrogen-bond donors (Lipinski definition) is 1. The van der Waals surface area contributed by atoms with E-state index in [-0.39, 0.29) is 11.9 Å². The van der Waals surface area contributed by atoms with Gasteiger partial charge >= 0.3 is 0 Å². The van der Waals surface area contributed by atoms with Crippen molar-refractivity contribution in [3.05, 3.63) is 34.9 Å². The van der Waals surface area contributed by atoms with E-state index in [1.165, 1.54) is 0 Å². The molecule has 2 nitrogen and oxygen atoms in total. The van der Waals surface area contributed by atoms with Gasteiger partial charge < -0.3 is 5.32 Å². The SMILES string of the molecule is C#CCC(CC)NC(=O)Cc1ccccc1Cl. The quantitative estimate of drug-likeness (QED) is 0.799. The number of rotatable bonds is 5. The van der Waals surface area contributed by atoms with Crippen LogP contribution in [0.2, 0.25) is 5.02 Å². The van der Waals surface area contributed by atoms with Crippen LogP contribution >= 0.6 is 11.6 Å². The summed E-state index contributed by atoms with van der Waals surface area (Å²) in [7, 11) is 0. The normalized spacial score (nSPS) is 11.6. The van der Waals surface area contributed by atoms with Crippen molar-refractivity contribution in [2.24, 2.45) is 0 Å². The minimum absolute atomic E-state index is 0.0415. The zero-order chi connectivity index (χ0) is 12.7. The van der Waals surface area contributed by atoms with Gasteiger partial charge in [-0.25, -0.2) is 0 Å². The molecule has 0 aliphatic carbocycles. The Balaban J connectivity index is 2.56. The third kappa shape index (κ3) is 4.50. The van der Waals surface area contributed by atoms with Gasteiger partial charge in [-0.05, 0) is 18.1 Å². The van der Waals surface area contributed by atoms with E-state index in [0.29, 0.717) is 17.9 Å². The Morgan fingerprint density at radius 2 is 2.24 bits per heavy atom. The number of amides is 1. The van der Waals surface area contributed by atoms with Crippen LogP contribution in [0.5, 0.6) is 0 Å². The molecule has 1 aromatic rings. The highest BCUT2D eigenvalue weighted by atomic mass is 35.5. The maximum atomic E-state index is 11.8. The summed E-state index contributed by atoms with van der Waals surface area (Å²) in [5, 5.41) is 3.52. The monoisotopic (exact) mass is 249 g/mol. The van der Waals surface area contributed by atoms with Crippen LogP contribution in [0.25, 0.3) is 0 Å². The molecule has 17 heavy (non-hydrogen) atoms. The summed E-state index contributed by atoms with van der Waals surface area (Å²) in [6.07, 6.45) is 6.92. The van der Waals surface area contributed by atoms with Crippen LogP contribution in [-0.2, 0) is 11.2 Å². The topological polar surface area (TPSA) is 29.1 Å². The molecule has 0 heterocycles. The summed E-state index contributed by atoms with van der Waals surface area (Å²) in [6.45, 7) is 2.00. The van der Waals surface area contributed by atoms with E-state index in [1.807, 2.05) is 25.1 Å². The molecule has 1 N–H and O–H groups in total. The molecule has 3 heteroatoms. The summed E-state index contributed by atoms with van der Waals surface area (Å²) in [5.74, 6) is 2.52. The average Bonchev–Trinajstić information content (AvgIpc) is 2.31. The third-order valence-corrected chi connectivity index (χ3v) is 2.90. The Morgan fingerprint density at radius 3 is 2.82 bits per heavy atom. The van der Waals surface area contributed by atoms with Gasteiger partial charge in [0.05, 0.1) is 6.42 Å². The van der Waals surface area contributed by atoms with Gasteiger partial charge in [-0.15, -0.1) is 12.3 Å². The van der Waals surface area contributed by atoms with Crippen LogP contribution < -0.4 is 5.32 Å². The first-order valence-electron chi connectivity index (χ1n) is 5.63. The first-order valence-corrected chi connectivity index (χ1v) is 6.01. The predicted octanol–water partition coefficient (Wildman–Crippen LogP) is 2.80. The van der Waals surface area contributed by atoms with E-state index in [9.17, 15) is 4.79 Å². The van der Waals surface area contributed by atoms with Gasteiger partial charge in [-0.2, -0.15) is 0 Å². The maximum absolute atomic E-state index is 11.8. The second-order valence-corrected chi connectivity index (χ2v) is 4.26. The van der Waals surface area contributed by atoms with Crippen LogP contribution in [0.1, 0.15) is 25.3 Å². The van der Waals surface area contributed by atoms with Gasteiger partial charge in [0.25, 0.3) is 0 Å². The average molecular weight is 250 g/mol. The lowest BCUT2D eigenvalue weighted by Crippen LogP contribution is -2.35. The zero-order valence-corrected chi connectivity index (χ0v) is 10.6. The third-order valence-electron chi connectivity index (χ3n) is 2.53. The van der Waals surface area contributed by atoms with Gasteiger partial charge in [0.1, 0.15) is 0 Å². The standard InChI is InChI=1S/C14H16ClNO/c1-3-7-12(4-2)16-14(17)10-11-8-5-6-9-13(11)15/h1,5-6,8-9,12H,4,7,10H2,2H3,(H,16,17). The lowest BCUT2D eigenvalue weighted by Gasteiger charge is -2.14. The summed E-state index contributed by atoms with van der Waals surface area (Å²) < 4.78 is 0. The van der Waals surface area contributed by atoms with Crippen LogP contribution in [0.4, 0.5) is 0 Å². The molecule has 0 aromatic heterocycles. The number of nitrogens with one attached hydrogen (secondary N) is 1. The first kappa shape index (κ1) is 13.6. The molecule has 0 radical (unpaired) electrons. The largest absolute Gasteiger partial charge is 0.352 e. The van der Waals surface area contributed by atoms with Crippen molar-refractivity contribution in [2.45, 2.75) is 32.2 Å². The van der Waals surface area contributed by atoms with Crippen molar-refractivity contribution in [1.29, 1.82) is 0 Å². The fourth-order valence-electron chi connectivity index (χ4n) is 1.53. The number of halogens is 1. The molecule has 0 bridgehead atoms. The Labute approximate surface area is 107 Å². The molecular formula is C14H16ClNO. The number of carbonyl (C=O) groups excluding carboxylic acids is 1. The Bertz CT molecular complexity index is 422. The van der Waals surface area contributed by atoms with Crippen molar-refractivity contribution in [1.82, 2.24) is 5.32 Å².